The average Bonchev–Trinajstić information content (AvgIpc) is 1.20. The highest BCUT2D eigenvalue weighted by molar-refractivity contribution is 7.00. The van der Waals surface area contributed by atoms with Crippen LogP contribution in [0.1, 0.15) is 48.6 Å². The van der Waals surface area contributed by atoms with E-state index in [0.717, 1.165) is 128 Å². The highest BCUT2D eigenvalue weighted by Crippen LogP contribution is 2.59. The van der Waals surface area contributed by atoms with Gasteiger partial charge in [0.05, 0.1) is 27.8 Å². The van der Waals surface area contributed by atoms with E-state index in [9.17, 15) is 0 Å². The fourth-order valence-corrected chi connectivity index (χ4v) is 18.3. The second kappa shape index (κ2) is 23.9. The Morgan fingerprint density at radius 1 is 0.302 bits per heavy atom. The summed E-state index contributed by atoms with van der Waals surface area (Å²) in [6.07, 6.45) is 0. The van der Waals surface area contributed by atoms with E-state index in [-0.39, 0.29) is 12.1 Å². The van der Waals surface area contributed by atoms with Gasteiger partial charge >= 0.3 is 0 Å². The van der Waals surface area contributed by atoms with E-state index < -0.39 is 5.41 Å². The third kappa shape index (κ3) is 9.22. The first kappa shape index (κ1) is 61.4. The molecule has 0 spiro atoms. The fourth-order valence-electron chi connectivity index (χ4n) is 18.3. The normalized spacial score (nSPS) is 13.3. The van der Waals surface area contributed by atoms with Crippen molar-refractivity contribution in [1.29, 1.82) is 0 Å². The smallest absolute Gasteiger partial charge is 0.252 e. The molecule has 1 aliphatic carbocycles. The lowest BCUT2D eigenvalue weighted by Gasteiger charge is -2.46. The predicted molar refractivity (Wildman–Crippen MR) is 445 cm³/mol. The third-order valence-electron chi connectivity index (χ3n) is 23.0. The molecule has 0 radical (unpaired) electrons. The molecule has 2 aliphatic heterocycles. The molecule has 3 aliphatic rings. The van der Waals surface area contributed by atoms with E-state index in [2.05, 4.69) is 405 Å². The summed E-state index contributed by atoms with van der Waals surface area (Å²) < 4.78 is 9.57. The summed E-state index contributed by atoms with van der Waals surface area (Å²) in [4.78, 5) is 5.37. The van der Waals surface area contributed by atoms with Crippen molar-refractivity contribution in [2.45, 2.75) is 31.6 Å². The number of para-hydroxylation sites is 5. The topological polar surface area (TPSA) is 24.6 Å². The van der Waals surface area contributed by atoms with Gasteiger partial charge in [-0.2, -0.15) is 0 Å². The first-order valence-corrected chi connectivity index (χ1v) is 37.0. The molecule has 4 heterocycles. The second-order valence-electron chi connectivity index (χ2n) is 29.7. The number of hydrogen-bond acceptors (Lipinski definition) is 3. The van der Waals surface area contributed by atoms with Crippen molar-refractivity contribution < 1.29 is 4.42 Å². The van der Waals surface area contributed by atoms with Gasteiger partial charge in [0.2, 0.25) is 0 Å². The van der Waals surface area contributed by atoms with E-state index in [4.69, 9.17) is 4.42 Å². The molecule has 106 heavy (non-hydrogen) atoms. The minimum atomic E-state index is -0.613. The molecule has 16 aromatic carbocycles. The van der Waals surface area contributed by atoms with Crippen LogP contribution in [0, 0.1) is 0 Å². The molecule has 0 saturated heterocycles. The van der Waals surface area contributed by atoms with Crippen LogP contribution in [0.5, 0.6) is 0 Å². The number of hydrogen-bond donors (Lipinski definition) is 0. The number of rotatable bonds is 10. The molecule has 0 bridgehead atoms. The van der Waals surface area contributed by atoms with Crippen molar-refractivity contribution in [3.8, 4) is 72.4 Å². The van der Waals surface area contributed by atoms with Crippen LogP contribution >= 0.6 is 0 Å². The quantitative estimate of drug-likeness (QED) is 0.128. The van der Waals surface area contributed by atoms with Crippen LogP contribution in [0.2, 0.25) is 0 Å². The Hall–Kier alpha value is -13.2. The van der Waals surface area contributed by atoms with Gasteiger partial charge in [-0.15, -0.1) is 0 Å². The lowest BCUT2D eigenvalue weighted by atomic mass is 9.33. The zero-order valence-corrected chi connectivity index (χ0v) is 59.0. The Bertz CT molecular complexity index is 6400. The van der Waals surface area contributed by atoms with Gasteiger partial charge in [-0.05, 0) is 143 Å². The number of aromatic nitrogens is 1. The summed E-state index contributed by atoms with van der Waals surface area (Å²) in [6.45, 7) is 6.86. The highest BCUT2D eigenvalue weighted by atomic mass is 16.3. The summed E-state index contributed by atoms with van der Waals surface area (Å²) in [5.41, 5.74) is 34.5. The Kier molecular flexibility index (Phi) is 13.9. The molecule has 0 unspecified atom stereocenters. The van der Waals surface area contributed by atoms with Crippen LogP contribution in [-0.4, -0.2) is 11.3 Å². The monoisotopic (exact) mass is 1350 g/mol. The first-order valence-electron chi connectivity index (χ1n) is 37.0. The Morgan fingerprint density at radius 2 is 0.783 bits per heavy atom. The lowest BCUT2D eigenvalue weighted by Crippen LogP contribution is -2.61. The van der Waals surface area contributed by atoms with Gasteiger partial charge in [-0.25, -0.2) is 0 Å². The molecule has 0 atom stereocenters. The number of fused-ring (bicyclic) bond motifs is 13. The van der Waals surface area contributed by atoms with E-state index >= 15 is 0 Å². The van der Waals surface area contributed by atoms with Gasteiger partial charge in [-0.1, -0.05) is 336 Å². The maximum Gasteiger partial charge on any atom is 0.252 e. The molecular weight excluding hydrogens is 1280 g/mol. The van der Waals surface area contributed by atoms with Gasteiger partial charge in [0.1, 0.15) is 11.2 Å². The van der Waals surface area contributed by atoms with E-state index in [1.165, 1.54) is 66.1 Å². The van der Waals surface area contributed by atoms with Crippen molar-refractivity contribution in [3.05, 3.63) is 398 Å². The van der Waals surface area contributed by atoms with E-state index in [1.54, 1.807) is 0 Å². The molecule has 498 valence electrons. The second-order valence-corrected chi connectivity index (χ2v) is 29.7. The number of benzene rings is 16. The number of nitrogens with zero attached hydrogens (tertiary/aromatic N) is 3. The number of furan rings is 1. The van der Waals surface area contributed by atoms with E-state index in [0.29, 0.717) is 0 Å². The predicted octanol–water partition coefficient (Wildman–Crippen LogP) is 24.8. The lowest BCUT2D eigenvalue weighted by molar-refractivity contribution is 0.590. The minimum Gasteiger partial charge on any atom is -0.455 e. The Balaban J connectivity index is 0.909. The molecule has 5 heteroatoms. The number of anilines is 6. The molecule has 2 aromatic heterocycles. The van der Waals surface area contributed by atoms with Gasteiger partial charge < -0.3 is 18.8 Å². The van der Waals surface area contributed by atoms with Gasteiger partial charge in [-0.3, -0.25) is 0 Å². The van der Waals surface area contributed by atoms with Crippen molar-refractivity contribution in [2.24, 2.45) is 0 Å². The van der Waals surface area contributed by atoms with Crippen LogP contribution in [0.25, 0.3) is 116 Å². The maximum absolute atomic E-state index is 6.99. The summed E-state index contributed by atoms with van der Waals surface area (Å²) >= 11 is 0. The molecule has 18 aromatic rings. The summed E-state index contributed by atoms with van der Waals surface area (Å²) in [5, 5.41) is 4.62. The molecule has 21 rings (SSSR count). The van der Waals surface area contributed by atoms with Gasteiger partial charge in [0.25, 0.3) is 6.71 Å². The van der Waals surface area contributed by atoms with E-state index in [1.807, 2.05) is 0 Å². The van der Waals surface area contributed by atoms with Crippen molar-refractivity contribution in [3.63, 3.8) is 0 Å². The van der Waals surface area contributed by atoms with Crippen LogP contribution < -0.4 is 26.2 Å². The van der Waals surface area contributed by atoms with Crippen LogP contribution in [-0.2, 0) is 10.8 Å². The third-order valence-corrected chi connectivity index (χ3v) is 23.0. The maximum atomic E-state index is 6.99. The summed E-state index contributed by atoms with van der Waals surface area (Å²) in [5.74, 6) is 0. The molecular formula is C101H70BN3O. The molecule has 4 nitrogen and oxygen atoms in total. The Morgan fingerprint density at radius 3 is 1.37 bits per heavy atom. The molecule has 0 amide bonds. The summed E-state index contributed by atoms with van der Waals surface area (Å²) in [6, 6.07) is 139. The Labute approximate surface area is 617 Å². The van der Waals surface area contributed by atoms with Crippen LogP contribution in [0.3, 0.4) is 0 Å². The molecule has 0 saturated carbocycles. The SMILES string of the molecule is CC(C)(C)c1cc2c3c(c1)N(c1c(-c4ccccc4)cccc1-c1ccccc1)c1cc(-n4c5ccccc5c5cc6c(cc54)C(c4ccccc4)(c4ccccc4)c4ccccc4-6)ccc1B3c1cc(-c3cccc4c3oc3ccccc34)ccc1N2c1c(-c2ccccc2)cccc1-c1ccccc1. The highest BCUT2D eigenvalue weighted by Gasteiger charge is 2.49. The summed E-state index contributed by atoms with van der Waals surface area (Å²) in [7, 11) is 0. The average molecular weight is 1350 g/mol. The van der Waals surface area contributed by atoms with Crippen LogP contribution in [0.15, 0.2) is 374 Å². The molecule has 0 N–H and O–H groups in total. The largest absolute Gasteiger partial charge is 0.455 e. The first-order chi connectivity index (χ1) is 52.3. The van der Waals surface area contributed by atoms with Crippen LogP contribution in [0.4, 0.5) is 34.1 Å². The standard InChI is InChI=1S/C101H70BN3O/c1-100(2,3)72-60-93-96-94(61-72)105(98-76(67-35-14-6-15-36-67)48-29-49-77(98)68-37-16-7-17-38-68)92-62-73(103-89-53-26-23-44-80(89)84-63-83-79-43-22-25-52-85(79)101(86(83)64-91(84)103,70-39-18-8-19-40-70)71-41-20-9-21-42-71)56-57-87(92)102(96)88-59-69(78-50-30-51-82-81-45-24-27-54-95(81)106-99(78)82)55-58-90(88)104(93)97-74(65-31-10-4-11-32-65)46-28-47-75(97)66-33-12-5-13-34-66/h4-64H,1-3H3. The zero-order chi connectivity index (χ0) is 70.4. The minimum absolute atomic E-state index is 0.286. The van der Waals surface area contributed by atoms with Gasteiger partial charge in [0.15, 0.2) is 0 Å². The van der Waals surface area contributed by atoms with Crippen molar-refractivity contribution in [2.75, 3.05) is 9.80 Å². The fraction of sp³-hybridized carbons (Fsp3) is 0.0495. The molecule has 0 fully saturated rings. The zero-order valence-electron chi connectivity index (χ0n) is 59.0. The van der Waals surface area contributed by atoms with Crippen molar-refractivity contribution in [1.82, 2.24) is 4.57 Å². The van der Waals surface area contributed by atoms with Gasteiger partial charge in [0, 0.05) is 77.8 Å². The van der Waals surface area contributed by atoms with Crippen molar-refractivity contribution >= 4 is 101 Å².